The largest absolute Gasteiger partial charge is 0.380 e. The summed E-state index contributed by atoms with van der Waals surface area (Å²) in [5, 5.41) is 7.89. The lowest BCUT2D eigenvalue weighted by atomic mass is 10.1. The minimum absolute atomic E-state index is 0.0772. The first-order valence-electron chi connectivity index (χ1n) is 9.70. The van der Waals surface area contributed by atoms with E-state index in [4.69, 9.17) is 4.74 Å². The smallest absolute Gasteiger partial charge is 0.272 e. The van der Waals surface area contributed by atoms with Gasteiger partial charge in [-0.2, -0.15) is 5.10 Å². The van der Waals surface area contributed by atoms with Crippen LogP contribution < -0.4 is 5.32 Å². The second kappa shape index (κ2) is 8.18. The Balaban J connectivity index is 1.41. The molecular weight excluding hydrogens is 370 g/mol. The first-order valence-corrected chi connectivity index (χ1v) is 9.70. The molecule has 3 aromatic rings. The number of rotatable bonds is 7. The maximum Gasteiger partial charge on any atom is 0.272 e. The van der Waals surface area contributed by atoms with Crippen molar-refractivity contribution in [1.82, 2.24) is 25.0 Å². The Labute approximate surface area is 168 Å². The predicted octanol–water partition coefficient (Wildman–Crippen LogP) is 1.73. The molecule has 29 heavy (non-hydrogen) atoms. The lowest BCUT2D eigenvalue weighted by Crippen LogP contribution is -2.31. The molecule has 1 atom stereocenters. The van der Waals surface area contributed by atoms with E-state index in [1.54, 1.807) is 25.0 Å². The van der Waals surface area contributed by atoms with E-state index in [0.717, 1.165) is 36.0 Å². The van der Waals surface area contributed by atoms with Crippen LogP contribution in [-0.2, 0) is 18.3 Å². The van der Waals surface area contributed by atoms with Gasteiger partial charge in [0.1, 0.15) is 0 Å². The highest BCUT2D eigenvalue weighted by Gasteiger charge is 2.25. The van der Waals surface area contributed by atoms with Crippen molar-refractivity contribution in [3.8, 4) is 0 Å². The lowest BCUT2D eigenvalue weighted by Gasteiger charge is -2.15. The molecule has 8 nitrogen and oxygen atoms in total. The van der Waals surface area contributed by atoms with E-state index in [9.17, 15) is 9.59 Å². The summed E-state index contributed by atoms with van der Waals surface area (Å²) >= 11 is 0. The standard InChI is InChI=1S/C21H25N5O3/c1-25-11-14(12-26-8-7-15(13-26)29-2)20(24-25)21(28)23-10-19(27)17-9-22-18-6-4-3-5-16(17)18/h3-6,9,11,15,22H,7-8,10,12-13H2,1-2H3,(H,23,28). The molecule has 1 fully saturated rings. The van der Waals surface area contributed by atoms with Crippen LogP contribution >= 0.6 is 0 Å². The number of nitrogens with one attached hydrogen (secondary N) is 2. The molecule has 1 amide bonds. The van der Waals surface area contributed by atoms with Crippen LogP contribution in [0.3, 0.4) is 0 Å². The van der Waals surface area contributed by atoms with Gasteiger partial charge < -0.3 is 15.0 Å². The Bertz CT molecular complexity index is 1040. The minimum Gasteiger partial charge on any atom is -0.380 e. The summed E-state index contributed by atoms with van der Waals surface area (Å²) in [4.78, 5) is 30.7. The molecule has 1 aromatic carbocycles. The molecule has 152 valence electrons. The number of amides is 1. The van der Waals surface area contributed by atoms with Crippen LogP contribution in [0, 0.1) is 0 Å². The van der Waals surface area contributed by atoms with Crippen molar-refractivity contribution in [2.24, 2.45) is 7.05 Å². The van der Waals surface area contributed by atoms with Gasteiger partial charge in [-0.05, 0) is 12.5 Å². The molecule has 4 rings (SSSR count). The number of Topliss-reactive ketones (excluding diaryl/α,β-unsaturated/α-hetero) is 1. The van der Waals surface area contributed by atoms with Crippen LogP contribution in [0.2, 0.25) is 0 Å². The Hall–Kier alpha value is -2.97. The predicted molar refractivity (Wildman–Crippen MR) is 109 cm³/mol. The van der Waals surface area contributed by atoms with E-state index in [1.165, 1.54) is 0 Å². The molecule has 0 saturated carbocycles. The van der Waals surface area contributed by atoms with E-state index < -0.39 is 0 Å². The molecule has 3 heterocycles. The summed E-state index contributed by atoms with van der Waals surface area (Å²) < 4.78 is 7.05. The zero-order valence-corrected chi connectivity index (χ0v) is 16.6. The van der Waals surface area contributed by atoms with Crippen molar-refractivity contribution in [2.75, 3.05) is 26.7 Å². The van der Waals surface area contributed by atoms with Crippen molar-refractivity contribution in [3.05, 3.63) is 53.5 Å². The molecular formula is C21H25N5O3. The van der Waals surface area contributed by atoms with E-state index in [1.807, 2.05) is 30.5 Å². The molecule has 1 unspecified atom stereocenters. The number of hydrogen-bond acceptors (Lipinski definition) is 5. The van der Waals surface area contributed by atoms with Gasteiger partial charge >= 0.3 is 0 Å². The number of carbonyl (C=O) groups is 2. The number of hydrogen-bond donors (Lipinski definition) is 2. The van der Waals surface area contributed by atoms with Crippen molar-refractivity contribution >= 4 is 22.6 Å². The van der Waals surface area contributed by atoms with Gasteiger partial charge in [0.15, 0.2) is 11.5 Å². The third-order valence-electron chi connectivity index (χ3n) is 5.38. The SMILES string of the molecule is COC1CCN(Cc2cn(C)nc2C(=O)NCC(=O)c2c[nH]c3ccccc23)C1. The summed E-state index contributed by atoms with van der Waals surface area (Å²) in [6, 6.07) is 7.60. The fourth-order valence-electron chi connectivity index (χ4n) is 3.86. The third-order valence-corrected chi connectivity index (χ3v) is 5.38. The average molecular weight is 395 g/mol. The van der Waals surface area contributed by atoms with Crippen LogP contribution in [0.5, 0.6) is 0 Å². The zero-order valence-electron chi connectivity index (χ0n) is 16.6. The van der Waals surface area contributed by atoms with Gasteiger partial charge in [-0.15, -0.1) is 0 Å². The van der Waals surface area contributed by atoms with Gasteiger partial charge in [-0.25, -0.2) is 0 Å². The van der Waals surface area contributed by atoms with E-state index in [-0.39, 0.29) is 24.3 Å². The number of methoxy groups -OCH3 is 1. The first kappa shape index (κ1) is 19.4. The Kier molecular flexibility index (Phi) is 5.46. The van der Waals surface area contributed by atoms with Crippen molar-refractivity contribution in [2.45, 2.75) is 19.1 Å². The Morgan fingerprint density at radius 1 is 1.34 bits per heavy atom. The number of H-pyrrole nitrogens is 1. The fraction of sp³-hybridized carbons (Fsp3) is 0.381. The highest BCUT2D eigenvalue weighted by molar-refractivity contribution is 6.10. The number of likely N-dealkylation sites (tertiary alicyclic amines) is 1. The van der Waals surface area contributed by atoms with Crippen LogP contribution in [0.15, 0.2) is 36.7 Å². The molecule has 0 bridgehead atoms. The summed E-state index contributed by atoms with van der Waals surface area (Å²) in [6.45, 7) is 2.32. The van der Waals surface area contributed by atoms with Crippen LogP contribution in [-0.4, -0.2) is 64.2 Å². The van der Waals surface area contributed by atoms with Crippen LogP contribution in [0.4, 0.5) is 0 Å². The number of carbonyl (C=O) groups excluding carboxylic acids is 2. The van der Waals surface area contributed by atoms with E-state index >= 15 is 0 Å². The Morgan fingerprint density at radius 3 is 2.97 bits per heavy atom. The molecule has 0 spiro atoms. The van der Waals surface area contributed by atoms with Gasteiger partial charge in [-0.1, -0.05) is 18.2 Å². The minimum atomic E-state index is -0.337. The molecule has 1 saturated heterocycles. The topological polar surface area (TPSA) is 92.2 Å². The van der Waals surface area contributed by atoms with E-state index in [0.29, 0.717) is 17.8 Å². The molecule has 0 aliphatic carbocycles. The number of ketones is 1. The maximum atomic E-state index is 12.7. The number of nitrogens with zero attached hydrogens (tertiary/aromatic N) is 3. The van der Waals surface area contributed by atoms with Crippen molar-refractivity contribution in [1.29, 1.82) is 0 Å². The highest BCUT2D eigenvalue weighted by atomic mass is 16.5. The van der Waals surface area contributed by atoms with Crippen molar-refractivity contribution < 1.29 is 14.3 Å². The summed E-state index contributed by atoms with van der Waals surface area (Å²) in [5.74, 6) is -0.480. The second-order valence-electron chi connectivity index (χ2n) is 7.41. The van der Waals surface area contributed by atoms with Gasteiger partial charge in [0, 0.05) is 68.2 Å². The number of fused-ring (bicyclic) bond motifs is 1. The Morgan fingerprint density at radius 2 is 2.17 bits per heavy atom. The van der Waals surface area contributed by atoms with Gasteiger partial charge in [0.25, 0.3) is 5.91 Å². The lowest BCUT2D eigenvalue weighted by molar-refractivity contribution is 0.0899. The van der Waals surface area contributed by atoms with Crippen LogP contribution in [0.25, 0.3) is 10.9 Å². The quantitative estimate of drug-likeness (QED) is 0.595. The molecule has 8 heteroatoms. The molecule has 2 N–H and O–H groups in total. The first-order chi connectivity index (χ1) is 14.0. The second-order valence-corrected chi connectivity index (χ2v) is 7.41. The fourth-order valence-corrected chi connectivity index (χ4v) is 3.86. The van der Waals surface area contributed by atoms with Gasteiger partial charge in [-0.3, -0.25) is 19.2 Å². The molecule has 1 aliphatic rings. The normalized spacial score (nSPS) is 17.1. The molecule has 2 aromatic heterocycles. The van der Waals surface area contributed by atoms with Crippen LogP contribution in [0.1, 0.15) is 32.8 Å². The summed E-state index contributed by atoms with van der Waals surface area (Å²) in [7, 11) is 3.52. The molecule has 0 radical (unpaired) electrons. The average Bonchev–Trinajstić information content (AvgIpc) is 3.44. The number of ether oxygens (including phenoxy) is 1. The number of aryl methyl sites for hydroxylation is 1. The summed E-state index contributed by atoms with van der Waals surface area (Å²) in [6.07, 6.45) is 4.76. The number of para-hydroxylation sites is 1. The van der Waals surface area contributed by atoms with Gasteiger partial charge in [0.05, 0.1) is 12.6 Å². The van der Waals surface area contributed by atoms with Crippen molar-refractivity contribution in [3.63, 3.8) is 0 Å². The third kappa shape index (κ3) is 4.08. The number of benzene rings is 1. The summed E-state index contributed by atoms with van der Waals surface area (Å²) in [5.41, 5.74) is 2.68. The zero-order chi connectivity index (χ0) is 20.4. The van der Waals surface area contributed by atoms with Gasteiger partial charge in [0.2, 0.25) is 0 Å². The monoisotopic (exact) mass is 395 g/mol. The highest BCUT2D eigenvalue weighted by Crippen LogP contribution is 2.19. The maximum absolute atomic E-state index is 12.7. The number of aromatic amines is 1. The molecule has 1 aliphatic heterocycles. The number of aromatic nitrogens is 3. The van der Waals surface area contributed by atoms with E-state index in [2.05, 4.69) is 20.3 Å².